The van der Waals surface area contributed by atoms with E-state index in [0.29, 0.717) is 0 Å². The van der Waals surface area contributed by atoms with E-state index in [1.54, 1.807) is 5.57 Å². The molecule has 0 bridgehead atoms. The lowest BCUT2D eigenvalue weighted by Crippen LogP contribution is -1.96. The first-order valence-corrected chi connectivity index (χ1v) is 4.46. The summed E-state index contributed by atoms with van der Waals surface area (Å²) in [7, 11) is 0. The van der Waals surface area contributed by atoms with Gasteiger partial charge in [0.2, 0.25) is 0 Å². The zero-order valence-corrected chi connectivity index (χ0v) is 7.02. The number of hydrogen-bond donors (Lipinski definition) is 0. The van der Waals surface area contributed by atoms with Gasteiger partial charge in [-0.25, -0.2) is 0 Å². The molecule has 1 aliphatic carbocycles. The van der Waals surface area contributed by atoms with Gasteiger partial charge >= 0.3 is 0 Å². The largest absolute Gasteiger partial charge is 0.493 e. The zero-order chi connectivity index (χ0) is 7.68. The summed E-state index contributed by atoms with van der Waals surface area (Å²) < 4.78 is 5.57. The maximum atomic E-state index is 5.57. The van der Waals surface area contributed by atoms with Crippen molar-refractivity contribution in [1.29, 1.82) is 0 Å². The fourth-order valence-corrected chi connectivity index (χ4v) is 1.87. The molecule has 1 heterocycles. The first kappa shape index (κ1) is 6.96. The number of hydrogen-bond acceptors (Lipinski definition) is 1. The van der Waals surface area contributed by atoms with Gasteiger partial charge in [0.25, 0.3) is 0 Å². The van der Waals surface area contributed by atoms with Crippen LogP contribution in [0.15, 0.2) is 23.0 Å². The highest BCUT2D eigenvalue weighted by Gasteiger charge is 2.20. The molecule has 0 spiro atoms. The molecule has 1 heteroatoms. The van der Waals surface area contributed by atoms with E-state index in [4.69, 9.17) is 4.74 Å². The van der Waals surface area contributed by atoms with Crippen molar-refractivity contribution < 1.29 is 4.74 Å². The third-order valence-corrected chi connectivity index (χ3v) is 2.48. The van der Waals surface area contributed by atoms with Crippen molar-refractivity contribution in [3.63, 3.8) is 0 Å². The lowest BCUT2D eigenvalue weighted by molar-refractivity contribution is 0.250. The lowest BCUT2D eigenvalue weighted by Gasteiger charge is -2.13. The summed E-state index contributed by atoms with van der Waals surface area (Å²) in [5, 5.41) is 0. The fraction of sp³-hybridized carbons (Fsp3) is 0.600. The molecule has 0 amide bonds. The Hall–Kier alpha value is -0.720. The van der Waals surface area contributed by atoms with E-state index >= 15 is 0 Å². The van der Waals surface area contributed by atoms with Crippen LogP contribution in [-0.4, -0.2) is 6.61 Å². The van der Waals surface area contributed by atoms with Crippen molar-refractivity contribution in [2.75, 3.05) is 6.61 Å². The average molecular weight is 150 g/mol. The second kappa shape index (κ2) is 2.72. The molecule has 0 N–H and O–H groups in total. The van der Waals surface area contributed by atoms with Gasteiger partial charge in [-0.2, -0.15) is 0 Å². The Balaban J connectivity index is 2.27. The summed E-state index contributed by atoms with van der Waals surface area (Å²) in [6.07, 6.45) is 7.08. The van der Waals surface area contributed by atoms with Crippen LogP contribution in [0.2, 0.25) is 0 Å². The van der Waals surface area contributed by atoms with E-state index in [1.807, 2.05) is 0 Å². The predicted molar refractivity (Wildman–Crippen MR) is 45.2 cm³/mol. The van der Waals surface area contributed by atoms with Crippen LogP contribution in [0, 0.1) is 0 Å². The number of rotatable bonds is 1. The predicted octanol–water partition coefficient (Wildman–Crippen LogP) is 2.79. The SMILES string of the molecule is CCC1=CCCC2=C1OCC2. The fourth-order valence-electron chi connectivity index (χ4n) is 1.87. The summed E-state index contributed by atoms with van der Waals surface area (Å²) in [5.41, 5.74) is 2.99. The molecule has 1 nitrogen and oxygen atoms in total. The topological polar surface area (TPSA) is 9.23 Å². The molecule has 60 valence electrons. The van der Waals surface area contributed by atoms with Gasteiger partial charge in [-0.1, -0.05) is 13.0 Å². The summed E-state index contributed by atoms with van der Waals surface area (Å²) >= 11 is 0. The monoisotopic (exact) mass is 150 g/mol. The van der Waals surface area contributed by atoms with Gasteiger partial charge in [0.15, 0.2) is 0 Å². The maximum Gasteiger partial charge on any atom is 0.121 e. The molecule has 11 heavy (non-hydrogen) atoms. The van der Waals surface area contributed by atoms with Crippen molar-refractivity contribution in [2.24, 2.45) is 0 Å². The quantitative estimate of drug-likeness (QED) is 0.558. The maximum absolute atomic E-state index is 5.57. The van der Waals surface area contributed by atoms with Crippen LogP contribution in [0.25, 0.3) is 0 Å². The van der Waals surface area contributed by atoms with Gasteiger partial charge in [0.05, 0.1) is 6.61 Å². The third kappa shape index (κ3) is 1.09. The van der Waals surface area contributed by atoms with Crippen molar-refractivity contribution in [3.05, 3.63) is 23.0 Å². The van der Waals surface area contributed by atoms with Gasteiger partial charge in [0, 0.05) is 6.42 Å². The van der Waals surface area contributed by atoms with E-state index in [0.717, 1.165) is 13.0 Å². The van der Waals surface area contributed by atoms with E-state index < -0.39 is 0 Å². The van der Waals surface area contributed by atoms with Crippen LogP contribution in [-0.2, 0) is 4.74 Å². The summed E-state index contributed by atoms with van der Waals surface area (Å²) in [5.74, 6) is 1.23. The molecule has 0 saturated carbocycles. The van der Waals surface area contributed by atoms with E-state index in [-0.39, 0.29) is 0 Å². The van der Waals surface area contributed by atoms with E-state index in [9.17, 15) is 0 Å². The van der Waals surface area contributed by atoms with Crippen molar-refractivity contribution in [3.8, 4) is 0 Å². The first-order valence-electron chi connectivity index (χ1n) is 4.46. The standard InChI is InChI=1S/C10H14O/c1-2-8-4-3-5-9-6-7-11-10(8)9/h4H,2-3,5-7H2,1H3. The normalized spacial score (nSPS) is 22.8. The third-order valence-electron chi connectivity index (χ3n) is 2.48. The van der Waals surface area contributed by atoms with Crippen molar-refractivity contribution >= 4 is 0 Å². The van der Waals surface area contributed by atoms with Crippen LogP contribution in [0.3, 0.4) is 0 Å². The van der Waals surface area contributed by atoms with E-state index in [1.165, 1.54) is 30.6 Å². The number of ether oxygens (including phenoxy) is 1. The number of allylic oxidation sites excluding steroid dienone is 2. The lowest BCUT2D eigenvalue weighted by atomic mass is 9.96. The molecule has 0 aromatic rings. The van der Waals surface area contributed by atoms with Crippen LogP contribution in [0.4, 0.5) is 0 Å². The molecule has 0 fully saturated rings. The molecule has 0 radical (unpaired) electrons. The van der Waals surface area contributed by atoms with Crippen molar-refractivity contribution in [2.45, 2.75) is 32.6 Å². The molecule has 0 saturated heterocycles. The highest BCUT2D eigenvalue weighted by atomic mass is 16.5. The Bertz CT molecular complexity index is 223. The minimum absolute atomic E-state index is 0.919. The molecule has 2 rings (SSSR count). The van der Waals surface area contributed by atoms with Gasteiger partial charge in [0.1, 0.15) is 5.76 Å². The minimum Gasteiger partial charge on any atom is -0.493 e. The first-order chi connectivity index (χ1) is 5.42. The smallest absolute Gasteiger partial charge is 0.121 e. The average Bonchev–Trinajstić information content (AvgIpc) is 2.50. The minimum atomic E-state index is 0.919. The van der Waals surface area contributed by atoms with Crippen LogP contribution < -0.4 is 0 Å². The van der Waals surface area contributed by atoms with Gasteiger partial charge < -0.3 is 4.74 Å². The Morgan fingerprint density at radius 2 is 2.36 bits per heavy atom. The van der Waals surface area contributed by atoms with Crippen LogP contribution in [0.1, 0.15) is 32.6 Å². The Kier molecular flexibility index (Phi) is 1.72. The molecule has 0 aromatic carbocycles. The second-order valence-electron chi connectivity index (χ2n) is 3.15. The van der Waals surface area contributed by atoms with Crippen molar-refractivity contribution in [1.82, 2.24) is 0 Å². The Morgan fingerprint density at radius 3 is 3.18 bits per heavy atom. The second-order valence-corrected chi connectivity index (χ2v) is 3.15. The molecule has 0 aromatic heterocycles. The summed E-state index contributed by atoms with van der Waals surface area (Å²) in [4.78, 5) is 0. The molecule has 0 unspecified atom stereocenters. The van der Waals surface area contributed by atoms with Crippen LogP contribution in [0.5, 0.6) is 0 Å². The Labute approximate surface area is 67.7 Å². The van der Waals surface area contributed by atoms with Gasteiger partial charge in [-0.3, -0.25) is 0 Å². The molecule has 2 aliphatic rings. The summed E-state index contributed by atoms with van der Waals surface area (Å²) in [6, 6.07) is 0. The molecular weight excluding hydrogens is 136 g/mol. The highest BCUT2D eigenvalue weighted by Crippen LogP contribution is 2.34. The highest BCUT2D eigenvalue weighted by molar-refractivity contribution is 5.35. The molecule has 0 atom stereocenters. The van der Waals surface area contributed by atoms with Crippen LogP contribution >= 0.6 is 0 Å². The van der Waals surface area contributed by atoms with Gasteiger partial charge in [-0.05, 0) is 30.4 Å². The molecule has 1 aliphatic heterocycles. The zero-order valence-electron chi connectivity index (χ0n) is 7.02. The van der Waals surface area contributed by atoms with Gasteiger partial charge in [-0.15, -0.1) is 0 Å². The molecular formula is C10H14O. The Morgan fingerprint density at radius 1 is 1.45 bits per heavy atom. The summed E-state index contributed by atoms with van der Waals surface area (Å²) in [6.45, 7) is 3.12. The van der Waals surface area contributed by atoms with E-state index in [2.05, 4.69) is 13.0 Å².